The molecule has 49 heavy (non-hydrogen) atoms. The number of likely N-dealkylation sites (tertiary alicyclic amines) is 1. The van der Waals surface area contributed by atoms with Crippen LogP contribution in [0.3, 0.4) is 0 Å². The van der Waals surface area contributed by atoms with E-state index in [1.54, 1.807) is 63.1 Å². The van der Waals surface area contributed by atoms with Gasteiger partial charge in [0.05, 0.1) is 28.1 Å². The third-order valence-electron chi connectivity index (χ3n) is 8.35. The summed E-state index contributed by atoms with van der Waals surface area (Å²) >= 11 is 1.19. The molecule has 0 radical (unpaired) electrons. The number of carboxylic acid groups (broad SMARTS) is 1. The minimum Gasteiger partial charge on any atom is -0.465 e. The van der Waals surface area contributed by atoms with Crippen LogP contribution in [0.4, 0.5) is 26.7 Å². The number of urea groups is 1. The normalized spacial score (nSPS) is 16.1. The van der Waals surface area contributed by atoms with Gasteiger partial charge in [0.15, 0.2) is 0 Å². The van der Waals surface area contributed by atoms with Crippen LogP contribution in [0.15, 0.2) is 66.9 Å². The number of anilines is 3. The van der Waals surface area contributed by atoms with E-state index >= 15 is 0 Å². The van der Waals surface area contributed by atoms with E-state index in [1.165, 1.54) is 27.2 Å². The predicted molar refractivity (Wildman–Crippen MR) is 187 cm³/mol. The number of amides is 5. The molecule has 3 aromatic heterocycles. The van der Waals surface area contributed by atoms with Gasteiger partial charge in [-0.25, -0.2) is 19.6 Å². The first-order valence-electron chi connectivity index (χ1n) is 15.9. The van der Waals surface area contributed by atoms with Crippen molar-refractivity contribution >= 4 is 62.6 Å². The second-order valence-corrected chi connectivity index (χ2v) is 13.8. The number of pyridine rings is 2. The van der Waals surface area contributed by atoms with Gasteiger partial charge in [-0.05, 0) is 64.8 Å². The number of rotatable bonds is 8. The fourth-order valence-corrected chi connectivity index (χ4v) is 6.99. The zero-order valence-corrected chi connectivity index (χ0v) is 28.4. The number of hydrogen-bond donors (Lipinski definition) is 3. The quantitative estimate of drug-likeness (QED) is 0.177. The summed E-state index contributed by atoms with van der Waals surface area (Å²) in [5.41, 5.74) is 1.49. The minimum absolute atomic E-state index is 0.0799. The first-order chi connectivity index (χ1) is 23.4. The van der Waals surface area contributed by atoms with E-state index in [0.29, 0.717) is 75.4 Å². The Morgan fingerprint density at radius 2 is 1.92 bits per heavy atom. The highest BCUT2D eigenvalue weighted by Crippen LogP contribution is 2.46. The number of carbonyl (C=O) groups excluding carboxylic acids is 3. The topological polar surface area (TPSA) is 157 Å². The van der Waals surface area contributed by atoms with Gasteiger partial charge in [-0.1, -0.05) is 24.3 Å². The molecule has 14 heteroatoms. The molecule has 0 aliphatic carbocycles. The third kappa shape index (κ3) is 7.04. The number of para-hydroxylation sites is 1. The first kappa shape index (κ1) is 33.4. The summed E-state index contributed by atoms with van der Waals surface area (Å²) in [6.45, 7) is 8.07. The van der Waals surface area contributed by atoms with Gasteiger partial charge in [0.25, 0.3) is 5.91 Å². The van der Waals surface area contributed by atoms with Crippen molar-refractivity contribution in [3.8, 4) is 11.6 Å². The Kier molecular flexibility index (Phi) is 9.24. The molecule has 4 aromatic rings. The molecule has 254 valence electrons. The van der Waals surface area contributed by atoms with Crippen LogP contribution in [0.1, 0.15) is 49.0 Å². The molecule has 1 fully saturated rings. The molecular formula is C35H37N7O6S. The lowest BCUT2D eigenvalue weighted by atomic mass is 10.0. The molecule has 5 heterocycles. The molecule has 1 aromatic carbocycles. The van der Waals surface area contributed by atoms with Gasteiger partial charge in [-0.3, -0.25) is 19.4 Å². The van der Waals surface area contributed by atoms with Crippen molar-refractivity contribution in [2.75, 3.05) is 29.9 Å². The van der Waals surface area contributed by atoms with Crippen molar-refractivity contribution in [3.05, 3.63) is 77.5 Å². The van der Waals surface area contributed by atoms with E-state index in [1.807, 2.05) is 30.3 Å². The van der Waals surface area contributed by atoms with Gasteiger partial charge in [-0.2, -0.15) is 0 Å². The van der Waals surface area contributed by atoms with Crippen LogP contribution < -0.4 is 20.3 Å². The molecule has 1 saturated heterocycles. The van der Waals surface area contributed by atoms with Gasteiger partial charge in [-0.15, -0.1) is 11.3 Å². The standard InChI is InChI=1S/C35H37N7O6S/c1-21-24(14-15-26(37-21)48-23-11-6-5-7-12-23)42-25-16-17-36-32-28(25)29(39-33(42)45)30(49-32)31(44)38-22-10-8-18-40(20-22)27(43)13-9-19-41(34(46)47)35(2,3)4/h5-7,9,11-17,22H,8,10,18-20H2,1-4H3,(H,38,44)(H,39,45)(H,46,47). The van der Waals surface area contributed by atoms with Crippen molar-refractivity contribution in [3.63, 3.8) is 0 Å². The molecule has 3 N–H and O–H groups in total. The second kappa shape index (κ2) is 13.5. The largest absolute Gasteiger partial charge is 0.465 e. The van der Waals surface area contributed by atoms with Crippen molar-refractivity contribution in [1.29, 1.82) is 0 Å². The molecule has 2 aliphatic heterocycles. The van der Waals surface area contributed by atoms with E-state index < -0.39 is 17.7 Å². The molecule has 1 unspecified atom stereocenters. The Labute approximate surface area is 287 Å². The van der Waals surface area contributed by atoms with E-state index in [4.69, 9.17) is 4.74 Å². The number of benzene rings is 1. The summed E-state index contributed by atoms with van der Waals surface area (Å²) in [5.74, 6) is 0.424. The maximum atomic E-state index is 13.7. The Hall–Kier alpha value is -5.50. The highest BCUT2D eigenvalue weighted by Gasteiger charge is 2.34. The van der Waals surface area contributed by atoms with Crippen LogP contribution in [-0.2, 0) is 4.79 Å². The van der Waals surface area contributed by atoms with Crippen LogP contribution >= 0.6 is 11.3 Å². The number of ether oxygens (including phenoxy) is 1. The van der Waals surface area contributed by atoms with Crippen molar-refractivity contribution < 1.29 is 29.0 Å². The summed E-state index contributed by atoms with van der Waals surface area (Å²) in [6.07, 6.45) is 4.84. The van der Waals surface area contributed by atoms with Crippen LogP contribution in [0.5, 0.6) is 11.6 Å². The Morgan fingerprint density at radius 3 is 2.63 bits per heavy atom. The number of thiophene rings is 1. The predicted octanol–water partition coefficient (Wildman–Crippen LogP) is 6.53. The SMILES string of the molecule is Cc1nc(Oc2ccccc2)ccc1N1C(=O)Nc2c(C(=O)NC3CCCN(C(=O)C=CCN(C(=O)O)C(C)(C)C)C3)sc3nccc1c23. The van der Waals surface area contributed by atoms with Gasteiger partial charge in [0.2, 0.25) is 11.8 Å². The van der Waals surface area contributed by atoms with Crippen LogP contribution in [-0.4, -0.2) is 80.0 Å². The Morgan fingerprint density at radius 1 is 1.14 bits per heavy atom. The summed E-state index contributed by atoms with van der Waals surface area (Å²) in [6, 6.07) is 13.8. The van der Waals surface area contributed by atoms with Crippen molar-refractivity contribution in [1.82, 2.24) is 25.1 Å². The van der Waals surface area contributed by atoms with E-state index in [-0.39, 0.29) is 24.4 Å². The third-order valence-corrected chi connectivity index (χ3v) is 9.44. The molecule has 0 bridgehead atoms. The zero-order chi connectivity index (χ0) is 34.9. The number of aryl methyl sites for hydroxylation is 1. The van der Waals surface area contributed by atoms with Gasteiger partial charge in [0, 0.05) is 49.6 Å². The van der Waals surface area contributed by atoms with Crippen LogP contribution in [0, 0.1) is 6.92 Å². The number of nitrogens with zero attached hydrogens (tertiary/aromatic N) is 5. The minimum atomic E-state index is -1.06. The smallest absolute Gasteiger partial charge is 0.408 e. The number of hydrogen-bond acceptors (Lipinski definition) is 8. The summed E-state index contributed by atoms with van der Waals surface area (Å²) in [5, 5.41) is 16.1. The van der Waals surface area contributed by atoms with Gasteiger partial charge in [0.1, 0.15) is 15.5 Å². The maximum Gasteiger partial charge on any atom is 0.408 e. The maximum absolute atomic E-state index is 13.7. The lowest BCUT2D eigenvalue weighted by molar-refractivity contribution is -0.127. The molecule has 0 saturated carbocycles. The fraction of sp³-hybridized carbons (Fsp3) is 0.314. The first-order valence-corrected chi connectivity index (χ1v) is 16.7. The van der Waals surface area contributed by atoms with Crippen LogP contribution in [0.2, 0.25) is 0 Å². The van der Waals surface area contributed by atoms with E-state index in [2.05, 4.69) is 20.6 Å². The monoisotopic (exact) mass is 683 g/mol. The molecule has 2 aliphatic rings. The van der Waals surface area contributed by atoms with Gasteiger partial charge >= 0.3 is 12.1 Å². The number of nitrogens with one attached hydrogen (secondary N) is 2. The average Bonchev–Trinajstić information content (AvgIpc) is 3.43. The number of piperidine rings is 1. The average molecular weight is 684 g/mol. The van der Waals surface area contributed by atoms with Crippen molar-refractivity contribution in [2.45, 2.75) is 52.1 Å². The lowest BCUT2D eigenvalue weighted by Crippen LogP contribution is -2.49. The Bertz CT molecular complexity index is 1960. The van der Waals surface area contributed by atoms with Crippen molar-refractivity contribution in [2.24, 2.45) is 0 Å². The second-order valence-electron chi connectivity index (χ2n) is 12.8. The molecule has 13 nitrogen and oxygen atoms in total. The molecule has 0 spiro atoms. The molecule has 5 amide bonds. The van der Waals surface area contributed by atoms with Crippen LogP contribution in [0.25, 0.3) is 10.2 Å². The van der Waals surface area contributed by atoms with Gasteiger partial charge < -0.3 is 25.4 Å². The fourth-order valence-electron chi connectivity index (χ4n) is 5.97. The zero-order valence-electron chi connectivity index (χ0n) is 27.6. The summed E-state index contributed by atoms with van der Waals surface area (Å²) in [7, 11) is 0. The number of aromatic nitrogens is 2. The lowest BCUT2D eigenvalue weighted by Gasteiger charge is -2.33. The Balaban J connectivity index is 1.17. The molecule has 1 atom stereocenters. The molecular weight excluding hydrogens is 646 g/mol. The summed E-state index contributed by atoms with van der Waals surface area (Å²) < 4.78 is 5.87. The van der Waals surface area contributed by atoms with E-state index in [9.17, 15) is 24.3 Å². The highest BCUT2D eigenvalue weighted by atomic mass is 32.1. The highest BCUT2D eigenvalue weighted by molar-refractivity contribution is 7.21. The summed E-state index contributed by atoms with van der Waals surface area (Å²) in [4.78, 5) is 66.3. The number of carbonyl (C=O) groups is 4. The molecule has 6 rings (SSSR count). The van der Waals surface area contributed by atoms with E-state index in [0.717, 1.165) is 0 Å².